The minimum absolute atomic E-state index is 0.0833. The Morgan fingerprint density at radius 3 is 2.29 bits per heavy atom. The Morgan fingerprint density at radius 1 is 1.06 bits per heavy atom. The standard InChI is InChI=1S/C25H37N3O3/c1-6-7-8-15-28-24(29)22(19-9-11-21(12-10-19)31-18(2)3)23(25(28)30)27(5)20-13-16-26(4)17-14-20/h9-12,18,20H,6-8,13-17H2,1-5H3. The molecular weight excluding hydrogens is 390 g/mol. The quantitative estimate of drug-likeness (QED) is 0.444. The Labute approximate surface area is 186 Å². The molecule has 1 aromatic carbocycles. The maximum absolute atomic E-state index is 13.4. The highest BCUT2D eigenvalue weighted by Crippen LogP contribution is 2.34. The fourth-order valence-corrected chi connectivity index (χ4v) is 4.41. The van der Waals surface area contributed by atoms with Crippen LogP contribution in [0.1, 0.15) is 58.4 Å². The van der Waals surface area contributed by atoms with Crippen molar-refractivity contribution >= 4 is 17.4 Å². The Kier molecular flexibility index (Phi) is 7.76. The van der Waals surface area contributed by atoms with E-state index in [1.165, 1.54) is 4.90 Å². The molecule has 0 bridgehead atoms. The van der Waals surface area contributed by atoms with Gasteiger partial charge in [-0.2, -0.15) is 0 Å². The van der Waals surface area contributed by atoms with Crippen molar-refractivity contribution in [3.63, 3.8) is 0 Å². The van der Waals surface area contributed by atoms with Crippen molar-refractivity contribution in [1.82, 2.24) is 14.7 Å². The smallest absolute Gasteiger partial charge is 0.277 e. The third-order valence-corrected chi connectivity index (χ3v) is 6.23. The van der Waals surface area contributed by atoms with Crippen LogP contribution in [-0.4, -0.2) is 72.4 Å². The molecule has 0 atom stereocenters. The van der Waals surface area contributed by atoms with Crippen LogP contribution in [-0.2, 0) is 9.59 Å². The van der Waals surface area contributed by atoms with E-state index in [1.54, 1.807) is 0 Å². The van der Waals surface area contributed by atoms with Crippen molar-refractivity contribution in [1.29, 1.82) is 0 Å². The van der Waals surface area contributed by atoms with Crippen LogP contribution in [0.5, 0.6) is 5.75 Å². The van der Waals surface area contributed by atoms with Gasteiger partial charge >= 0.3 is 0 Å². The van der Waals surface area contributed by atoms with Gasteiger partial charge in [-0.3, -0.25) is 14.5 Å². The predicted octanol–water partition coefficient (Wildman–Crippen LogP) is 3.77. The Morgan fingerprint density at radius 2 is 1.71 bits per heavy atom. The summed E-state index contributed by atoms with van der Waals surface area (Å²) in [5.41, 5.74) is 1.86. The summed E-state index contributed by atoms with van der Waals surface area (Å²) in [7, 11) is 4.10. The highest BCUT2D eigenvalue weighted by molar-refractivity contribution is 6.35. The summed E-state index contributed by atoms with van der Waals surface area (Å²) in [6.45, 7) is 8.57. The number of piperidine rings is 1. The van der Waals surface area contributed by atoms with E-state index in [4.69, 9.17) is 4.74 Å². The number of amides is 2. The number of likely N-dealkylation sites (N-methyl/N-ethyl adjacent to an activating group) is 1. The Hall–Kier alpha value is -2.34. The number of hydrogen-bond donors (Lipinski definition) is 0. The Bertz CT molecular complexity index is 808. The van der Waals surface area contributed by atoms with Gasteiger partial charge in [0.1, 0.15) is 11.4 Å². The fourth-order valence-electron chi connectivity index (χ4n) is 4.41. The van der Waals surface area contributed by atoms with Crippen molar-refractivity contribution in [2.45, 2.75) is 65.0 Å². The van der Waals surface area contributed by atoms with Crippen LogP contribution in [0, 0.1) is 0 Å². The van der Waals surface area contributed by atoms with Crippen molar-refractivity contribution in [2.75, 3.05) is 33.7 Å². The van der Waals surface area contributed by atoms with E-state index in [0.29, 0.717) is 17.8 Å². The van der Waals surface area contributed by atoms with Crippen molar-refractivity contribution < 1.29 is 14.3 Å². The number of benzene rings is 1. The largest absolute Gasteiger partial charge is 0.491 e. The van der Waals surface area contributed by atoms with E-state index in [0.717, 1.165) is 56.5 Å². The first kappa shape index (κ1) is 23.3. The number of ether oxygens (including phenoxy) is 1. The molecule has 0 unspecified atom stereocenters. The van der Waals surface area contributed by atoms with Gasteiger partial charge in [0.2, 0.25) is 0 Å². The summed E-state index contributed by atoms with van der Waals surface area (Å²) in [5, 5.41) is 0. The number of carbonyl (C=O) groups excluding carboxylic acids is 2. The summed E-state index contributed by atoms with van der Waals surface area (Å²) >= 11 is 0. The van der Waals surface area contributed by atoms with Crippen LogP contribution in [0.3, 0.4) is 0 Å². The maximum Gasteiger partial charge on any atom is 0.277 e. The van der Waals surface area contributed by atoms with Gasteiger partial charge in [-0.1, -0.05) is 31.9 Å². The average Bonchev–Trinajstić information content (AvgIpc) is 2.99. The first-order chi connectivity index (χ1) is 14.8. The summed E-state index contributed by atoms with van der Waals surface area (Å²) in [4.78, 5) is 32.7. The minimum Gasteiger partial charge on any atom is -0.491 e. The molecule has 0 N–H and O–H groups in total. The molecular formula is C25H37N3O3. The molecule has 1 aromatic rings. The van der Waals surface area contributed by atoms with Crippen molar-refractivity contribution in [2.24, 2.45) is 0 Å². The molecule has 1 fully saturated rings. The number of hydrogen-bond acceptors (Lipinski definition) is 5. The lowest BCUT2D eigenvalue weighted by Gasteiger charge is -2.36. The topological polar surface area (TPSA) is 53.1 Å². The van der Waals surface area contributed by atoms with E-state index in [9.17, 15) is 9.59 Å². The van der Waals surface area contributed by atoms with E-state index >= 15 is 0 Å². The summed E-state index contributed by atoms with van der Waals surface area (Å²) in [5.74, 6) is 0.439. The minimum atomic E-state index is -0.173. The molecule has 2 amide bonds. The molecule has 6 heteroatoms. The van der Waals surface area contributed by atoms with E-state index in [-0.39, 0.29) is 24.0 Å². The van der Waals surface area contributed by atoms with Gasteiger partial charge in [0.25, 0.3) is 11.8 Å². The SMILES string of the molecule is CCCCCN1C(=O)C(c2ccc(OC(C)C)cc2)=C(N(C)C2CCN(C)CC2)C1=O. The van der Waals surface area contributed by atoms with Crippen LogP contribution < -0.4 is 4.74 Å². The lowest BCUT2D eigenvalue weighted by Crippen LogP contribution is -2.43. The van der Waals surface area contributed by atoms with E-state index < -0.39 is 0 Å². The average molecular weight is 428 g/mol. The zero-order chi connectivity index (χ0) is 22.5. The van der Waals surface area contributed by atoms with Crippen LogP contribution in [0.2, 0.25) is 0 Å². The van der Waals surface area contributed by atoms with Gasteiger partial charge in [-0.05, 0) is 70.9 Å². The second-order valence-electron chi connectivity index (χ2n) is 9.03. The normalized spacial score (nSPS) is 18.5. The summed E-state index contributed by atoms with van der Waals surface area (Å²) in [6.07, 6.45) is 4.96. The molecule has 0 radical (unpaired) electrons. The Balaban J connectivity index is 1.93. The van der Waals surface area contributed by atoms with E-state index in [1.807, 2.05) is 45.2 Å². The van der Waals surface area contributed by atoms with Crippen molar-refractivity contribution in [3.8, 4) is 5.75 Å². The number of unbranched alkanes of at least 4 members (excludes halogenated alkanes) is 2. The monoisotopic (exact) mass is 427 g/mol. The number of imide groups is 1. The lowest BCUT2D eigenvalue weighted by molar-refractivity contribution is -0.137. The third-order valence-electron chi connectivity index (χ3n) is 6.23. The fraction of sp³-hybridized carbons (Fsp3) is 0.600. The highest BCUT2D eigenvalue weighted by atomic mass is 16.5. The van der Waals surface area contributed by atoms with Crippen LogP contribution in [0.25, 0.3) is 5.57 Å². The molecule has 2 aliphatic rings. The third kappa shape index (κ3) is 5.29. The molecule has 0 aliphatic carbocycles. The van der Waals surface area contributed by atoms with Gasteiger partial charge in [0.05, 0.1) is 11.7 Å². The van der Waals surface area contributed by atoms with Gasteiger partial charge in [-0.25, -0.2) is 0 Å². The first-order valence-electron chi connectivity index (χ1n) is 11.6. The molecule has 3 rings (SSSR count). The van der Waals surface area contributed by atoms with Crippen LogP contribution in [0.4, 0.5) is 0 Å². The molecule has 170 valence electrons. The second-order valence-corrected chi connectivity index (χ2v) is 9.03. The van der Waals surface area contributed by atoms with Crippen molar-refractivity contribution in [3.05, 3.63) is 35.5 Å². The zero-order valence-electron chi connectivity index (χ0n) is 19.7. The van der Waals surface area contributed by atoms with Gasteiger partial charge in [0, 0.05) is 19.6 Å². The van der Waals surface area contributed by atoms with Crippen LogP contribution in [0.15, 0.2) is 30.0 Å². The van der Waals surface area contributed by atoms with Gasteiger partial charge in [0.15, 0.2) is 0 Å². The van der Waals surface area contributed by atoms with E-state index in [2.05, 4.69) is 23.8 Å². The molecule has 31 heavy (non-hydrogen) atoms. The predicted molar refractivity (Wildman–Crippen MR) is 124 cm³/mol. The molecule has 0 saturated carbocycles. The number of carbonyl (C=O) groups is 2. The number of rotatable bonds is 9. The number of likely N-dealkylation sites (tertiary alicyclic amines) is 1. The zero-order valence-corrected chi connectivity index (χ0v) is 19.7. The molecule has 0 spiro atoms. The first-order valence-corrected chi connectivity index (χ1v) is 11.6. The summed E-state index contributed by atoms with van der Waals surface area (Å²) in [6, 6.07) is 7.82. The lowest BCUT2D eigenvalue weighted by atomic mass is 10.00. The summed E-state index contributed by atoms with van der Waals surface area (Å²) < 4.78 is 5.75. The number of nitrogens with zero attached hydrogens (tertiary/aromatic N) is 3. The molecule has 1 saturated heterocycles. The molecule has 2 heterocycles. The highest BCUT2D eigenvalue weighted by Gasteiger charge is 2.42. The second kappa shape index (κ2) is 10.3. The van der Waals surface area contributed by atoms with Crippen LogP contribution >= 0.6 is 0 Å². The molecule has 0 aromatic heterocycles. The molecule has 2 aliphatic heterocycles. The van der Waals surface area contributed by atoms with Gasteiger partial charge < -0.3 is 14.5 Å². The maximum atomic E-state index is 13.4. The van der Waals surface area contributed by atoms with Gasteiger partial charge in [-0.15, -0.1) is 0 Å². The molecule has 6 nitrogen and oxygen atoms in total.